The highest BCUT2D eigenvalue weighted by Crippen LogP contribution is 2.29. The molecule has 1 aliphatic rings. The molecule has 1 aliphatic heterocycles. The second-order valence-corrected chi connectivity index (χ2v) is 7.83. The number of rotatable bonds is 9. The van der Waals surface area contributed by atoms with Crippen LogP contribution >= 0.6 is 0 Å². The van der Waals surface area contributed by atoms with E-state index in [2.05, 4.69) is 46.1 Å². The third-order valence-corrected chi connectivity index (χ3v) is 5.69. The summed E-state index contributed by atoms with van der Waals surface area (Å²) < 4.78 is 7.52. The number of hydrogen-bond donors (Lipinski definition) is 1. The fourth-order valence-corrected chi connectivity index (χ4v) is 3.95. The second kappa shape index (κ2) is 9.52. The lowest BCUT2D eigenvalue weighted by molar-refractivity contribution is 0.137. The lowest BCUT2D eigenvalue weighted by atomic mass is 10.2. The molecular formula is C21H31N9O. The van der Waals surface area contributed by atoms with E-state index in [9.17, 15) is 0 Å². The molecule has 4 rings (SSSR count). The molecule has 1 N–H and O–H groups in total. The number of likely N-dealkylation sites (tertiary alicyclic amines) is 1. The molecule has 0 bridgehead atoms. The summed E-state index contributed by atoms with van der Waals surface area (Å²) >= 11 is 0. The van der Waals surface area contributed by atoms with Gasteiger partial charge in [-0.3, -0.25) is 4.68 Å². The van der Waals surface area contributed by atoms with Gasteiger partial charge in [0.1, 0.15) is 23.2 Å². The van der Waals surface area contributed by atoms with Crippen LogP contribution < -0.4 is 10.2 Å². The Kier molecular flexibility index (Phi) is 6.57. The average molecular weight is 426 g/mol. The number of ether oxygens (including phenoxy) is 1. The van der Waals surface area contributed by atoms with Crippen molar-refractivity contribution in [3.8, 4) is 0 Å². The van der Waals surface area contributed by atoms with E-state index in [-0.39, 0.29) is 0 Å². The highest BCUT2D eigenvalue weighted by Gasteiger charge is 2.27. The van der Waals surface area contributed by atoms with E-state index in [1.165, 1.54) is 6.33 Å². The Morgan fingerprint density at radius 1 is 1.29 bits per heavy atom. The van der Waals surface area contributed by atoms with E-state index in [4.69, 9.17) is 19.8 Å². The van der Waals surface area contributed by atoms with Gasteiger partial charge in [0.15, 0.2) is 5.82 Å². The Labute approximate surface area is 182 Å². The molecule has 4 heterocycles. The largest absolute Gasteiger partial charge is 0.380 e. The molecule has 0 aliphatic carbocycles. The van der Waals surface area contributed by atoms with Crippen molar-refractivity contribution in [1.82, 2.24) is 34.6 Å². The zero-order chi connectivity index (χ0) is 21.8. The summed E-state index contributed by atoms with van der Waals surface area (Å²) in [6.07, 6.45) is 5.11. The maximum absolute atomic E-state index is 5.57. The van der Waals surface area contributed by atoms with Crippen molar-refractivity contribution in [2.75, 3.05) is 50.6 Å². The lowest BCUT2D eigenvalue weighted by Crippen LogP contribution is -2.35. The van der Waals surface area contributed by atoms with Crippen LogP contribution in [-0.4, -0.2) is 81.1 Å². The molecule has 10 nitrogen and oxygen atoms in total. The van der Waals surface area contributed by atoms with E-state index < -0.39 is 0 Å². The predicted octanol–water partition coefficient (Wildman–Crippen LogP) is 2.10. The molecule has 3 aromatic heterocycles. The third kappa shape index (κ3) is 4.59. The summed E-state index contributed by atoms with van der Waals surface area (Å²) in [5.74, 6) is 2.07. The molecular weight excluding hydrogens is 394 g/mol. The van der Waals surface area contributed by atoms with Crippen LogP contribution in [0, 0.1) is 0 Å². The molecule has 3 aromatic rings. The minimum absolute atomic E-state index is 0.382. The third-order valence-electron chi connectivity index (χ3n) is 5.69. The van der Waals surface area contributed by atoms with Crippen molar-refractivity contribution in [1.29, 1.82) is 0 Å². The number of nitrogens with zero attached hydrogens (tertiary/aromatic N) is 8. The molecule has 10 heteroatoms. The van der Waals surface area contributed by atoms with Crippen molar-refractivity contribution in [2.45, 2.75) is 39.3 Å². The zero-order valence-corrected chi connectivity index (χ0v) is 18.7. The van der Waals surface area contributed by atoms with Crippen LogP contribution in [0.4, 0.5) is 17.6 Å². The maximum atomic E-state index is 5.57. The van der Waals surface area contributed by atoms with Crippen LogP contribution in [0.2, 0.25) is 0 Å². The van der Waals surface area contributed by atoms with E-state index in [1.807, 2.05) is 17.7 Å². The highest BCUT2D eigenvalue weighted by atomic mass is 16.5. The fraction of sp³-hybridized carbons (Fsp3) is 0.571. The molecule has 166 valence electrons. The SMILES string of the molecule is CCOCCn1nc(CC)c2nc(N(C)[C@@H]3CCN(C)C3)nc(Nc3ccncn3)c21. The van der Waals surface area contributed by atoms with Gasteiger partial charge in [0.25, 0.3) is 0 Å². The average Bonchev–Trinajstić information content (AvgIpc) is 3.37. The van der Waals surface area contributed by atoms with Gasteiger partial charge in [-0.1, -0.05) is 6.92 Å². The van der Waals surface area contributed by atoms with Crippen LogP contribution in [0.5, 0.6) is 0 Å². The van der Waals surface area contributed by atoms with Crippen molar-refractivity contribution < 1.29 is 4.74 Å². The Bertz CT molecular complexity index is 1010. The summed E-state index contributed by atoms with van der Waals surface area (Å²) in [6, 6.07) is 2.21. The molecule has 0 saturated carbocycles. The quantitative estimate of drug-likeness (QED) is 0.517. The molecule has 0 unspecified atom stereocenters. The van der Waals surface area contributed by atoms with Gasteiger partial charge in [0.05, 0.1) is 18.8 Å². The lowest BCUT2D eigenvalue weighted by Gasteiger charge is -2.25. The number of anilines is 3. The van der Waals surface area contributed by atoms with Crippen molar-refractivity contribution in [2.24, 2.45) is 0 Å². The molecule has 1 atom stereocenters. The number of nitrogens with one attached hydrogen (secondary N) is 1. The van der Waals surface area contributed by atoms with Crippen LogP contribution in [0.25, 0.3) is 11.0 Å². The minimum atomic E-state index is 0.382. The Hall–Kier alpha value is -2.85. The van der Waals surface area contributed by atoms with Crippen LogP contribution in [0.3, 0.4) is 0 Å². The molecule has 1 fully saturated rings. The Morgan fingerprint density at radius 2 is 2.16 bits per heavy atom. The first-order valence-electron chi connectivity index (χ1n) is 10.9. The van der Waals surface area contributed by atoms with E-state index in [0.717, 1.165) is 42.7 Å². The van der Waals surface area contributed by atoms with Crippen molar-refractivity contribution in [3.63, 3.8) is 0 Å². The second-order valence-electron chi connectivity index (χ2n) is 7.83. The predicted molar refractivity (Wildman–Crippen MR) is 121 cm³/mol. The number of likely N-dealkylation sites (N-methyl/N-ethyl adjacent to an activating group) is 2. The Balaban J connectivity index is 1.79. The smallest absolute Gasteiger partial charge is 0.228 e. The van der Waals surface area contributed by atoms with Gasteiger partial charge < -0.3 is 19.9 Å². The fourth-order valence-electron chi connectivity index (χ4n) is 3.95. The van der Waals surface area contributed by atoms with Crippen LogP contribution in [-0.2, 0) is 17.7 Å². The van der Waals surface area contributed by atoms with Crippen LogP contribution in [0.15, 0.2) is 18.6 Å². The van der Waals surface area contributed by atoms with Gasteiger partial charge in [-0.05, 0) is 39.4 Å². The summed E-state index contributed by atoms with van der Waals surface area (Å²) in [7, 11) is 4.22. The topological polar surface area (TPSA) is 97.1 Å². The van der Waals surface area contributed by atoms with E-state index in [1.54, 1.807) is 6.20 Å². The number of aromatic nitrogens is 6. The van der Waals surface area contributed by atoms with Crippen molar-refractivity contribution in [3.05, 3.63) is 24.3 Å². The number of aryl methyl sites for hydroxylation is 1. The summed E-state index contributed by atoms with van der Waals surface area (Å²) in [5.41, 5.74) is 2.70. The zero-order valence-electron chi connectivity index (χ0n) is 18.7. The first kappa shape index (κ1) is 21.4. The molecule has 0 aromatic carbocycles. The molecule has 31 heavy (non-hydrogen) atoms. The van der Waals surface area contributed by atoms with Crippen LogP contribution in [0.1, 0.15) is 26.0 Å². The molecule has 0 amide bonds. The normalized spacial score (nSPS) is 16.8. The van der Waals surface area contributed by atoms with Gasteiger partial charge in [0, 0.05) is 32.4 Å². The standard InChI is InChI=1S/C21H31N9O/c1-5-16-18-19(30(27-16)11-12-31-6-2)20(24-17-7-9-22-14-23-17)26-21(25-18)29(4)15-8-10-28(3)13-15/h7,9,14-15H,5-6,8,10-13H2,1-4H3,(H,22,23,24,25,26)/t15-/m1/s1. The maximum Gasteiger partial charge on any atom is 0.228 e. The number of fused-ring (bicyclic) bond motifs is 1. The summed E-state index contributed by atoms with van der Waals surface area (Å²) in [6.45, 7) is 8.07. The summed E-state index contributed by atoms with van der Waals surface area (Å²) in [5, 5.41) is 8.20. The first-order valence-corrected chi connectivity index (χ1v) is 10.9. The summed E-state index contributed by atoms with van der Waals surface area (Å²) in [4.78, 5) is 22.7. The van der Waals surface area contributed by atoms with E-state index >= 15 is 0 Å². The minimum Gasteiger partial charge on any atom is -0.380 e. The van der Waals surface area contributed by atoms with Gasteiger partial charge in [0.2, 0.25) is 5.95 Å². The number of hydrogen-bond acceptors (Lipinski definition) is 9. The molecule has 1 saturated heterocycles. The van der Waals surface area contributed by atoms with Gasteiger partial charge in [-0.25, -0.2) is 15.0 Å². The first-order chi connectivity index (χ1) is 15.1. The molecule has 0 spiro atoms. The monoisotopic (exact) mass is 425 g/mol. The van der Waals surface area contributed by atoms with Gasteiger partial charge in [-0.15, -0.1) is 0 Å². The van der Waals surface area contributed by atoms with Gasteiger partial charge >= 0.3 is 0 Å². The van der Waals surface area contributed by atoms with Crippen molar-refractivity contribution >= 4 is 28.6 Å². The Morgan fingerprint density at radius 3 is 2.84 bits per heavy atom. The highest BCUT2D eigenvalue weighted by molar-refractivity contribution is 5.90. The van der Waals surface area contributed by atoms with E-state index in [0.29, 0.717) is 43.4 Å². The molecule has 0 radical (unpaired) electrons. The van der Waals surface area contributed by atoms with Gasteiger partial charge in [-0.2, -0.15) is 10.1 Å².